The number of nitrogens with one attached hydrogen (secondary N) is 1. The van der Waals surface area contributed by atoms with Crippen LogP contribution in [0.1, 0.15) is 0 Å². The Kier molecular flexibility index (Phi) is 4.55. The molecule has 0 saturated heterocycles. The zero-order chi connectivity index (χ0) is 15.6. The van der Waals surface area contributed by atoms with Gasteiger partial charge in [0.25, 0.3) is 0 Å². The maximum absolute atomic E-state index is 12.1. The quantitative estimate of drug-likeness (QED) is 0.918. The average molecular weight is 348 g/mol. The molecule has 0 saturated carbocycles. The molecule has 0 aliphatic rings. The Labute approximate surface area is 131 Å². The van der Waals surface area contributed by atoms with Crippen molar-refractivity contribution in [1.29, 1.82) is 0 Å². The van der Waals surface area contributed by atoms with Crippen LogP contribution in [0.5, 0.6) is 0 Å². The first kappa shape index (κ1) is 15.8. The lowest BCUT2D eigenvalue weighted by Gasteiger charge is -2.08. The number of anilines is 1. The molecular formula is C12H11Cl2N3O3S. The number of amides is 1. The molecule has 0 unspecified atom stereocenters. The van der Waals surface area contributed by atoms with Gasteiger partial charge in [0.1, 0.15) is 5.75 Å². The summed E-state index contributed by atoms with van der Waals surface area (Å²) in [6, 6.07) is 4.48. The summed E-state index contributed by atoms with van der Waals surface area (Å²) < 4.78 is 25.4. The smallest absolute Gasteiger partial charge is 0.240 e. The standard InChI is InChI=1S/C12H11Cl2N3O3S/c1-17-5-4-15-12(17)21(19,20)7-11(18)16-10-3-2-8(13)6-9(10)14/h2-6H,7H2,1H3,(H,16,18). The Balaban J connectivity index is 2.13. The minimum Gasteiger partial charge on any atom is -0.325 e. The van der Waals surface area contributed by atoms with E-state index in [1.54, 1.807) is 0 Å². The van der Waals surface area contributed by atoms with Gasteiger partial charge in [0.05, 0.1) is 10.7 Å². The van der Waals surface area contributed by atoms with E-state index in [0.29, 0.717) is 10.7 Å². The molecule has 1 aromatic heterocycles. The van der Waals surface area contributed by atoms with Gasteiger partial charge in [-0.25, -0.2) is 13.4 Å². The Morgan fingerprint density at radius 3 is 2.67 bits per heavy atom. The largest absolute Gasteiger partial charge is 0.325 e. The van der Waals surface area contributed by atoms with Crippen molar-refractivity contribution in [3.05, 3.63) is 40.6 Å². The molecule has 0 atom stereocenters. The van der Waals surface area contributed by atoms with Crippen LogP contribution in [0, 0.1) is 0 Å². The number of aromatic nitrogens is 2. The third-order valence-corrected chi connectivity index (χ3v) is 4.72. The summed E-state index contributed by atoms with van der Waals surface area (Å²) >= 11 is 11.6. The third kappa shape index (κ3) is 3.75. The molecular weight excluding hydrogens is 337 g/mol. The first-order valence-electron chi connectivity index (χ1n) is 5.74. The van der Waals surface area contributed by atoms with Gasteiger partial charge >= 0.3 is 0 Å². The molecule has 2 aromatic rings. The number of nitrogens with zero attached hydrogens (tertiary/aromatic N) is 2. The van der Waals surface area contributed by atoms with Gasteiger partial charge in [-0.1, -0.05) is 23.2 Å². The van der Waals surface area contributed by atoms with Crippen LogP contribution in [0.3, 0.4) is 0 Å². The fraction of sp³-hybridized carbons (Fsp3) is 0.167. The lowest BCUT2D eigenvalue weighted by molar-refractivity contribution is -0.113. The van der Waals surface area contributed by atoms with E-state index < -0.39 is 21.5 Å². The van der Waals surface area contributed by atoms with Crippen LogP contribution in [0.15, 0.2) is 35.7 Å². The van der Waals surface area contributed by atoms with Crippen molar-refractivity contribution in [3.63, 3.8) is 0 Å². The topological polar surface area (TPSA) is 81.1 Å². The Morgan fingerprint density at radius 1 is 1.38 bits per heavy atom. The maximum Gasteiger partial charge on any atom is 0.240 e. The van der Waals surface area contributed by atoms with Crippen LogP contribution in [-0.2, 0) is 21.7 Å². The maximum atomic E-state index is 12.1. The summed E-state index contributed by atoms with van der Waals surface area (Å²) in [5.41, 5.74) is 0.293. The second-order valence-electron chi connectivity index (χ2n) is 4.25. The average Bonchev–Trinajstić information content (AvgIpc) is 2.79. The number of carbonyl (C=O) groups excluding carboxylic acids is 1. The minimum atomic E-state index is -3.82. The van der Waals surface area contributed by atoms with Gasteiger partial charge in [-0.15, -0.1) is 0 Å². The molecule has 0 aliphatic carbocycles. The van der Waals surface area contributed by atoms with Crippen molar-refractivity contribution in [3.8, 4) is 0 Å². The highest BCUT2D eigenvalue weighted by Gasteiger charge is 2.23. The molecule has 0 aliphatic heterocycles. The van der Waals surface area contributed by atoms with Crippen LogP contribution in [0.25, 0.3) is 0 Å². The second kappa shape index (κ2) is 6.05. The monoisotopic (exact) mass is 347 g/mol. The highest BCUT2D eigenvalue weighted by molar-refractivity contribution is 7.92. The number of hydrogen-bond donors (Lipinski definition) is 1. The second-order valence-corrected chi connectivity index (χ2v) is 6.98. The highest BCUT2D eigenvalue weighted by atomic mass is 35.5. The molecule has 112 valence electrons. The molecule has 0 bridgehead atoms. The van der Waals surface area contributed by atoms with E-state index in [4.69, 9.17) is 23.2 Å². The molecule has 0 radical (unpaired) electrons. The van der Waals surface area contributed by atoms with Crippen LogP contribution >= 0.6 is 23.2 Å². The SMILES string of the molecule is Cn1ccnc1S(=O)(=O)CC(=O)Nc1ccc(Cl)cc1Cl. The predicted octanol–water partition coefficient (Wildman–Crippen LogP) is 2.14. The van der Waals surface area contributed by atoms with E-state index in [9.17, 15) is 13.2 Å². The number of carbonyl (C=O) groups is 1. The molecule has 0 spiro atoms. The van der Waals surface area contributed by atoms with Crippen LogP contribution in [-0.4, -0.2) is 29.6 Å². The Bertz CT molecular complexity index is 787. The van der Waals surface area contributed by atoms with Crippen LogP contribution in [0.2, 0.25) is 10.0 Å². The first-order valence-corrected chi connectivity index (χ1v) is 8.15. The number of rotatable bonds is 4. The lowest BCUT2D eigenvalue weighted by Crippen LogP contribution is -2.24. The minimum absolute atomic E-state index is 0.167. The van der Waals surface area contributed by atoms with Gasteiger partial charge in [0.15, 0.2) is 0 Å². The van der Waals surface area contributed by atoms with Crippen molar-refractivity contribution >= 4 is 44.6 Å². The summed E-state index contributed by atoms with van der Waals surface area (Å²) in [7, 11) is -2.28. The molecule has 0 fully saturated rings. The predicted molar refractivity (Wildman–Crippen MR) is 80.4 cm³/mol. The molecule has 2 rings (SSSR count). The van der Waals surface area contributed by atoms with Gasteiger partial charge in [-0.3, -0.25) is 4.79 Å². The van der Waals surface area contributed by atoms with Gasteiger partial charge in [-0.2, -0.15) is 0 Å². The van der Waals surface area contributed by atoms with E-state index in [0.717, 1.165) is 0 Å². The summed E-state index contributed by atoms with van der Waals surface area (Å²) in [6.45, 7) is 0. The van der Waals surface area contributed by atoms with Gasteiger partial charge in [0, 0.05) is 24.5 Å². The van der Waals surface area contributed by atoms with E-state index in [2.05, 4.69) is 10.3 Å². The Hall–Kier alpha value is -1.57. The van der Waals surface area contributed by atoms with E-state index in [-0.39, 0.29) is 10.2 Å². The van der Waals surface area contributed by atoms with Crippen molar-refractivity contribution < 1.29 is 13.2 Å². The number of benzene rings is 1. The van der Waals surface area contributed by atoms with E-state index in [1.165, 1.54) is 42.2 Å². The summed E-state index contributed by atoms with van der Waals surface area (Å²) in [4.78, 5) is 15.6. The van der Waals surface area contributed by atoms with Gasteiger partial charge in [0.2, 0.25) is 20.9 Å². The Morgan fingerprint density at radius 2 is 2.10 bits per heavy atom. The molecule has 21 heavy (non-hydrogen) atoms. The van der Waals surface area contributed by atoms with Crippen molar-refractivity contribution in [1.82, 2.24) is 9.55 Å². The number of aryl methyl sites for hydroxylation is 1. The summed E-state index contributed by atoms with van der Waals surface area (Å²) in [5, 5.41) is 2.90. The lowest BCUT2D eigenvalue weighted by atomic mass is 10.3. The van der Waals surface area contributed by atoms with Crippen LogP contribution < -0.4 is 5.32 Å². The first-order chi connectivity index (χ1) is 9.79. The summed E-state index contributed by atoms with van der Waals surface area (Å²) in [6.07, 6.45) is 2.84. The molecule has 1 aromatic carbocycles. The number of halogens is 2. The molecule has 1 N–H and O–H groups in total. The number of hydrogen-bond acceptors (Lipinski definition) is 4. The van der Waals surface area contributed by atoms with E-state index in [1.807, 2.05) is 0 Å². The van der Waals surface area contributed by atoms with Gasteiger partial charge < -0.3 is 9.88 Å². The zero-order valence-electron chi connectivity index (χ0n) is 10.9. The van der Waals surface area contributed by atoms with Crippen molar-refractivity contribution in [2.45, 2.75) is 5.16 Å². The normalized spacial score (nSPS) is 11.4. The molecule has 6 nitrogen and oxygen atoms in total. The fourth-order valence-electron chi connectivity index (χ4n) is 1.67. The molecule has 1 heterocycles. The van der Waals surface area contributed by atoms with Crippen LogP contribution in [0.4, 0.5) is 5.69 Å². The number of imidazole rings is 1. The highest BCUT2D eigenvalue weighted by Crippen LogP contribution is 2.25. The summed E-state index contributed by atoms with van der Waals surface area (Å²) in [5.74, 6) is -1.43. The third-order valence-electron chi connectivity index (χ3n) is 2.58. The van der Waals surface area contributed by atoms with E-state index >= 15 is 0 Å². The van der Waals surface area contributed by atoms with Gasteiger partial charge in [-0.05, 0) is 18.2 Å². The molecule has 1 amide bonds. The van der Waals surface area contributed by atoms with Crippen molar-refractivity contribution in [2.75, 3.05) is 11.1 Å². The molecule has 9 heteroatoms. The number of sulfone groups is 1. The zero-order valence-corrected chi connectivity index (χ0v) is 13.2. The van der Waals surface area contributed by atoms with Crippen molar-refractivity contribution in [2.24, 2.45) is 7.05 Å². The fourth-order valence-corrected chi connectivity index (χ4v) is 3.39.